The third-order valence-electron chi connectivity index (χ3n) is 7.17. The van der Waals surface area contributed by atoms with Crippen LogP contribution in [0.25, 0.3) is 22.0 Å². The fourth-order valence-corrected chi connectivity index (χ4v) is 5.26. The average Bonchev–Trinajstić information content (AvgIpc) is 3.58. The zero-order valence-electron chi connectivity index (χ0n) is 18.2. The van der Waals surface area contributed by atoms with E-state index in [4.69, 9.17) is 14.7 Å². The Morgan fingerprint density at radius 3 is 2.68 bits per heavy atom. The maximum atomic E-state index is 12.7. The van der Waals surface area contributed by atoms with Crippen LogP contribution in [-0.4, -0.2) is 45.6 Å². The summed E-state index contributed by atoms with van der Waals surface area (Å²) in [5.41, 5.74) is 4.45. The maximum Gasteiger partial charge on any atom is 0.245 e. The molecule has 2 fully saturated rings. The van der Waals surface area contributed by atoms with Crippen LogP contribution in [0, 0.1) is 0 Å². The van der Waals surface area contributed by atoms with Gasteiger partial charge in [0.15, 0.2) is 0 Å². The first-order valence-electron chi connectivity index (χ1n) is 11.4. The molecule has 2 aromatic heterocycles. The molecule has 31 heavy (non-hydrogen) atoms. The van der Waals surface area contributed by atoms with E-state index in [2.05, 4.69) is 28.8 Å². The van der Waals surface area contributed by atoms with Gasteiger partial charge in [0.05, 0.1) is 17.9 Å². The van der Waals surface area contributed by atoms with E-state index in [9.17, 15) is 4.79 Å². The van der Waals surface area contributed by atoms with Crippen LogP contribution in [0.15, 0.2) is 30.5 Å². The fraction of sp³-hybridized carbons (Fsp3) is 0.480. The number of carbonyl (C=O) groups excluding carboxylic acids is 1. The molecule has 3 aliphatic rings. The van der Waals surface area contributed by atoms with Crippen molar-refractivity contribution in [2.45, 2.75) is 57.0 Å². The quantitative estimate of drug-likeness (QED) is 0.635. The Hall–Kier alpha value is -2.73. The minimum absolute atomic E-state index is 0.166. The molecule has 1 amide bonds. The van der Waals surface area contributed by atoms with Crippen LogP contribution in [0.3, 0.4) is 0 Å². The molecular weight excluding hydrogens is 388 g/mol. The van der Waals surface area contributed by atoms with Gasteiger partial charge < -0.3 is 14.2 Å². The van der Waals surface area contributed by atoms with Gasteiger partial charge in [0, 0.05) is 54.9 Å². The second kappa shape index (κ2) is 7.16. The van der Waals surface area contributed by atoms with Crippen LogP contribution < -0.4 is 0 Å². The van der Waals surface area contributed by atoms with E-state index in [0.717, 1.165) is 72.8 Å². The van der Waals surface area contributed by atoms with Gasteiger partial charge in [-0.25, -0.2) is 4.98 Å². The molecule has 2 aliphatic heterocycles. The van der Waals surface area contributed by atoms with Gasteiger partial charge in [0.1, 0.15) is 11.9 Å². The molecule has 0 spiro atoms. The van der Waals surface area contributed by atoms with Crippen molar-refractivity contribution >= 4 is 16.7 Å². The predicted octanol–water partition coefficient (Wildman–Crippen LogP) is 4.40. The molecule has 1 saturated heterocycles. The molecule has 4 heterocycles. The first-order chi connectivity index (χ1) is 15.1. The number of fused-ring (bicyclic) bond motifs is 2. The van der Waals surface area contributed by atoms with Gasteiger partial charge in [-0.15, -0.1) is 0 Å². The largest absolute Gasteiger partial charge is 0.381 e. The summed E-state index contributed by atoms with van der Waals surface area (Å²) in [5, 5.41) is 2.34. The number of pyridine rings is 1. The molecule has 0 bridgehead atoms. The van der Waals surface area contributed by atoms with Crippen molar-refractivity contribution < 1.29 is 9.53 Å². The first kappa shape index (κ1) is 19.0. The van der Waals surface area contributed by atoms with Gasteiger partial charge in [-0.1, -0.05) is 18.2 Å². The summed E-state index contributed by atoms with van der Waals surface area (Å²) in [6.07, 6.45) is 6.43. The van der Waals surface area contributed by atoms with Crippen molar-refractivity contribution in [2.75, 3.05) is 20.3 Å². The Kier molecular flexibility index (Phi) is 4.39. The normalized spacial score (nSPS) is 22.2. The van der Waals surface area contributed by atoms with Gasteiger partial charge in [-0.05, 0) is 44.1 Å². The smallest absolute Gasteiger partial charge is 0.245 e. The van der Waals surface area contributed by atoms with Crippen LogP contribution in [0.5, 0.6) is 0 Å². The highest BCUT2D eigenvalue weighted by molar-refractivity contribution is 5.96. The summed E-state index contributed by atoms with van der Waals surface area (Å²) in [6, 6.07) is 8.50. The Labute approximate surface area is 182 Å². The molecule has 1 atom stereocenters. The number of hydrogen-bond acceptors (Lipinski definition) is 4. The van der Waals surface area contributed by atoms with Gasteiger partial charge in [-0.2, -0.15) is 0 Å². The highest BCUT2D eigenvalue weighted by atomic mass is 16.5. The molecule has 1 aromatic carbocycles. The van der Waals surface area contributed by atoms with E-state index in [-0.39, 0.29) is 11.9 Å². The highest BCUT2D eigenvalue weighted by Gasteiger charge is 2.38. The van der Waals surface area contributed by atoms with E-state index < -0.39 is 0 Å². The van der Waals surface area contributed by atoms with Crippen LogP contribution in [0.1, 0.15) is 67.7 Å². The molecule has 6 nitrogen and oxygen atoms in total. The summed E-state index contributed by atoms with van der Waals surface area (Å²) in [5.74, 6) is 2.21. The van der Waals surface area contributed by atoms with Crippen LogP contribution in [-0.2, 0) is 16.1 Å². The molecule has 0 radical (unpaired) electrons. The maximum absolute atomic E-state index is 12.7. The number of rotatable bonds is 3. The summed E-state index contributed by atoms with van der Waals surface area (Å²) in [6.45, 7) is 4.24. The average molecular weight is 417 g/mol. The third-order valence-corrected chi connectivity index (χ3v) is 7.17. The lowest BCUT2D eigenvalue weighted by molar-refractivity contribution is -0.135. The monoisotopic (exact) mass is 416 g/mol. The van der Waals surface area contributed by atoms with Crippen molar-refractivity contribution in [1.29, 1.82) is 0 Å². The molecule has 0 N–H and O–H groups in total. The number of nitrogens with zero attached hydrogens (tertiary/aromatic N) is 4. The van der Waals surface area contributed by atoms with Crippen molar-refractivity contribution in [3.05, 3.63) is 47.7 Å². The minimum Gasteiger partial charge on any atom is -0.381 e. The van der Waals surface area contributed by atoms with E-state index in [1.165, 1.54) is 5.39 Å². The van der Waals surface area contributed by atoms with Crippen LogP contribution in [0.2, 0.25) is 0 Å². The molecule has 160 valence electrons. The number of hydrogen-bond donors (Lipinski definition) is 0. The Balaban J connectivity index is 1.49. The number of likely N-dealkylation sites (N-methyl/N-ethyl adjacent to an activating group) is 1. The van der Waals surface area contributed by atoms with Crippen molar-refractivity contribution in [2.24, 2.45) is 0 Å². The zero-order valence-corrected chi connectivity index (χ0v) is 18.2. The molecule has 6 heteroatoms. The summed E-state index contributed by atoms with van der Waals surface area (Å²) >= 11 is 0. The van der Waals surface area contributed by atoms with Gasteiger partial charge in [-0.3, -0.25) is 9.78 Å². The predicted molar refractivity (Wildman–Crippen MR) is 119 cm³/mol. The highest BCUT2D eigenvalue weighted by Crippen LogP contribution is 2.45. The molecular formula is C25H28N4O2. The second-order valence-electron chi connectivity index (χ2n) is 9.30. The fourth-order valence-electron chi connectivity index (χ4n) is 5.26. The Bertz CT molecular complexity index is 1170. The number of carbonyl (C=O) groups is 1. The van der Waals surface area contributed by atoms with Gasteiger partial charge >= 0.3 is 0 Å². The zero-order chi connectivity index (χ0) is 21.1. The van der Waals surface area contributed by atoms with Gasteiger partial charge in [0.25, 0.3) is 0 Å². The lowest BCUT2D eigenvalue weighted by Gasteiger charge is -2.31. The van der Waals surface area contributed by atoms with Crippen LogP contribution >= 0.6 is 0 Å². The summed E-state index contributed by atoms with van der Waals surface area (Å²) in [4.78, 5) is 24.5. The number of amides is 1. The number of ether oxygens (including phenoxy) is 1. The minimum atomic E-state index is -0.196. The van der Waals surface area contributed by atoms with Crippen molar-refractivity contribution in [1.82, 2.24) is 19.4 Å². The van der Waals surface area contributed by atoms with E-state index in [1.54, 1.807) is 0 Å². The van der Waals surface area contributed by atoms with Crippen LogP contribution in [0.4, 0.5) is 0 Å². The summed E-state index contributed by atoms with van der Waals surface area (Å²) in [7, 11) is 1.89. The molecule has 0 unspecified atom stereocenters. The first-order valence-corrected chi connectivity index (χ1v) is 11.4. The number of aromatic nitrogens is 3. The molecule has 6 rings (SSSR count). The third kappa shape index (κ3) is 3.07. The van der Waals surface area contributed by atoms with E-state index in [1.807, 2.05) is 25.1 Å². The van der Waals surface area contributed by atoms with Crippen molar-refractivity contribution in [3.63, 3.8) is 0 Å². The van der Waals surface area contributed by atoms with E-state index in [0.29, 0.717) is 18.4 Å². The topological polar surface area (TPSA) is 60.3 Å². The number of imidazole rings is 1. The molecule has 1 saturated carbocycles. The Morgan fingerprint density at radius 2 is 1.90 bits per heavy atom. The molecule has 3 aromatic rings. The summed E-state index contributed by atoms with van der Waals surface area (Å²) < 4.78 is 7.74. The number of benzene rings is 1. The standard InChI is InChI=1S/C25H28N4O2/c1-15-25(30)28(2)14-22-23(27-24(29(15)22)17-6-7-17)19-5-3-4-18-12-21(26-13-20(18)19)16-8-10-31-11-9-16/h3-5,12-13,15-17H,6-11,14H2,1-2H3/t15-/m1/s1. The van der Waals surface area contributed by atoms with E-state index >= 15 is 0 Å². The SMILES string of the molecule is C[C@@H]1C(=O)N(C)Cc2c(-c3cccc4cc(C5CCOCC5)ncc34)nc(C3CC3)n21. The Morgan fingerprint density at radius 1 is 1.10 bits per heavy atom. The van der Waals surface area contributed by atoms with Crippen molar-refractivity contribution in [3.8, 4) is 11.3 Å². The lowest BCUT2D eigenvalue weighted by atomic mass is 9.94. The molecule has 1 aliphatic carbocycles. The van der Waals surface area contributed by atoms with Gasteiger partial charge in [0.2, 0.25) is 5.91 Å². The lowest BCUT2D eigenvalue weighted by Crippen LogP contribution is -2.39. The second-order valence-corrected chi connectivity index (χ2v) is 9.30.